The number of carbonyl (C=O) groups is 2. The molecule has 0 aromatic heterocycles. The lowest BCUT2D eigenvalue weighted by atomic mass is 10.2. The van der Waals surface area contributed by atoms with Gasteiger partial charge in [-0.3, -0.25) is 4.79 Å². The van der Waals surface area contributed by atoms with Crippen LogP contribution in [0.3, 0.4) is 0 Å². The van der Waals surface area contributed by atoms with Gasteiger partial charge in [-0.1, -0.05) is 18.2 Å². The molecule has 0 aliphatic carbocycles. The third-order valence-corrected chi connectivity index (χ3v) is 4.54. The van der Waals surface area contributed by atoms with E-state index in [2.05, 4.69) is 5.32 Å². The van der Waals surface area contributed by atoms with E-state index in [4.69, 9.17) is 14.2 Å². The third-order valence-electron chi connectivity index (χ3n) is 3.80. The Kier molecular flexibility index (Phi) is 6.38. The zero-order valence-electron chi connectivity index (χ0n) is 14.8. The molecular weight excluding hydrogens is 366 g/mol. The van der Waals surface area contributed by atoms with Gasteiger partial charge < -0.3 is 19.5 Å². The minimum absolute atomic E-state index is 0.205. The molecule has 0 bridgehead atoms. The van der Waals surface area contributed by atoms with Gasteiger partial charge in [-0.2, -0.15) is 0 Å². The van der Waals surface area contributed by atoms with E-state index >= 15 is 0 Å². The number of amides is 1. The van der Waals surface area contributed by atoms with Crippen LogP contribution in [0.5, 0.6) is 11.5 Å². The van der Waals surface area contributed by atoms with Crippen molar-refractivity contribution in [3.05, 3.63) is 59.7 Å². The second kappa shape index (κ2) is 9.14. The van der Waals surface area contributed by atoms with E-state index in [1.165, 1.54) is 6.08 Å². The van der Waals surface area contributed by atoms with Gasteiger partial charge in [0.05, 0.1) is 0 Å². The van der Waals surface area contributed by atoms with Gasteiger partial charge in [0.15, 0.2) is 18.1 Å². The summed E-state index contributed by atoms with van der Waals surface area (Å²) in [5.74, 6) is 0.402. The highest BCUT2D eigenvalue weighted by Gasteiger charge is 2.13. The second-order valence-electron chi connectivity index (χ2n) is 5.68. The molecule has 6 nitrogen and oxygen atoms in total. The van der Waals surface area contributed by atoms with Crippen molar-refractivity contribution in [3.8, 4) is 11.5 Å². The van der Waals surface area contributed by atoms with E-state index in [0.29, 0.717) is 18.0 Å². The molecule has 1 amide bonds. The smallest absolute Gasteiger partial charge is 0.331 e. The van der Waals surface area contributed by atoms with Crippen LogP contribution in [0.15, 0.2) is 53.4 Å². The Hall–Kier alpha value is -2.93. The van der Waals surface area contributed by atoms with Crippen LogP contribution < -0.4 is 14.8 Å². The number of ether oxygens (including phenoxy) is 3. The van der Waals surface area contributed by atoms with E-state index < -0.39 is 5.97 Å². The summed E-state index contributed by atoms with van der Waals surface area (Å²) in [5.41, 5.74) is 1.75. The molecular formula is C20H19NO5S. The molecule has 0 atom stereocenters. The van der Waals surface area contributed by atoms with Gasteiger partial charge in [-0.05, 0) is 47.7 Å². The molecule has 1 aliphatic heterocycles. The molecule has 2 aromatic carbocycles. The maximum absolute atomic E-state index is 11.8. The molecule has 1 aliphatic rings. The molecule has 140 valence electrons. The molecule has 27 heavy (non-hydrogen) atoms. The normalized spacial score (nSPS) is 12.2. The lowest BCUT2D eigenvalue weighted by Gasteiger charge is -2.06. The first-order valence-electron chi connectivity index (χ1n) is 8.28. The fraction of sp³-hybridized carbons (Fsp3) is 0.200. The summed E-state index contributed by atoms with van der Waals surface area (Å²) < 4.78 is 15.5. The highest BCUT2D eigenvalue weighted by molar-refractivity contribution is 7.98. The van der Waals surface area contributed by atoms with E-state index in [1.807, 2.05) is 36.6 Å². The standard InChI is InChI=1S/C20H19NO5S/c1-27-16-6-2-14(3-7-16)5-9-20(23)24-12-19(22)21-11-15-4-8-17-18(10-15)26-13-25-17/h2-10H,11-13H2,1H3,(H,21,22). The summed E-state index contributed by atoms with van der Waals surface area (Å²) in [6.45, 7) is 0.181. The largest absolute Gasteiger partial charge is 0.454 e. The van der Waals surface area contributed by atoms with Crippen molar-refractivity contribution < 1.29 is 23.8 Å². The Labute approximate surface area is 161 Å². The molecule has 1 N–H and O–H groups in total. The predicted octanol–water partition coefficient (Wildman–Crippen LogP) is 3.01. The molecule has 0 saturated heterocycles. The number of thioether (sulfide) groups is 1. The van der Waals surface area contributed by atoms with Crippen LogP contribution in [0.4, 0.5) is 0 Å². The maximum atomic E-state index is 11.8. The summed E-state index contributed by atoms with van der Waals surface area (Å²) in [4.78, 5) is 24.7. The van der Waals surface area contributed by atoms with Gasteiger partial charge >= 0.3 is 5.97 Å². The van der Waals surface area contributed by atoms with E-state index in [9.17, 15) is 9.59 Å². The fourth-order valence-electron chi connectivity index (χ4n) is 2.37. The fourth-order valence-corrected chi connectivity index (χ4v) is 2.77. The monoisotopic (exact) mass is 385 g/mol. The topological polar surface area (TPSA) is 73.9 Å². The third kappa shape index (κ3) is 5.52. The highest BCUT2D eigenvalue weighted by atomic mass is 32.2. The zero-order chi connectivity index (χ0) is 19.1. The second-order valence-corrected chi connectivity index (χ2v) is 6.56. The Morgan fingerprint density at radius 1 is 1.15 bits per heavy atom. The lowest BCUT2D eigenvalue weighted by molar-refractivity contribution is -0.143. The lowest BCUT2D eigenvalue weighted by Crippen LogP contribution is -2.28. The van der Waals surface area contributed by atoms with Crippen molar-refractivity contribution in [2.45, 2.75) is 11.4 Å². The van der Waals surface area contributed by atoms with Crippen LogP contribution in [-0.2, 0) is 20.9 Å². The summed E-state index contributed by atoms with van der Waals surface area (Å²) >= 11 is 1.65. The quantitative estimate of drug-likeness (QED) is 0.449. The van der Waals surface area contributed by atoms with Crippen molar-refractivity contribution in [2.75, 3.05) is 19.7 Å². The Bertz CT molecular complexity index is 848. The molecule has 0 radical (unpaired) electrons. The van der Waals surface area contributed by atoms with Gasteiger partial charge in [0.25, 0.3) is 5.91 Å². The first-order chi connectivity index (χ1) is 13.1. The minimum Gasteiger partial charge on any atom is -0.454 e. The Morgan fingerprint density at radius 2 is 1.93 bits per heavy atom. The van der Waals surface area contributed by atoms with Gasteiger partial charge in [-0.25, -0.2) is 4.79 Å². The average molecular weight is 385 g/mol. The Morgan fingerprint density at radius 3 is 2.70 bits per heavy atom. The highest BCUT2D eigenvalue weighted by Crippen LogP contribution is 2.32. The van der Waals surface area contributed by atoms with Crippen molar-refractivity contribution >= 4 is 29.7 Å². The van der Waals surface area contributed by atoms with Gasteiger partial charge in [0.1, 0.15) is 0 Å². The molecule has 7 heteroatoms. The summed E-state index contributed by atoms with van der Waals surface area (Å²) in [7, 11) is 0. The Balaban J connectivity index is 1.40. The maximum Gasteiger partial charge on any atom is 0.331 e. The molecule has 0 fully saturated rings. The van der Waals surface area contributed by atoms with Crippen LogP contribution in [0.1, 0.15) is 11.1 Å². The SMILES string of the molecule is CSc1ccc(C=CC(=O)OCC(=O)NCc2ccc3c(c2)OCO3)cc1. The molecule has 1 heterocycles. The number of rotatable bonds is 7. The molecule has 0 spiro atoms. The molecule has 2 aromatic rings. The molecule has 0 unspecified atom stereocenters. The summed E-state index contributed by atoms with van der Waals surface area (Å²) in [5, 5.41) is 2.69. The molecule has 0 saturated carbocycles. The van der Waals surface area contributed by atoms with Crippen molar-refractivity contribution in [3.63, 3.8) is 0 Å². The molecule has 3 rings (SSSR count). The first kappa shape index (κ1) is 18.8. The average Bonchev–Trinajstić information content (AvgIpc) is 3.17. The number of benzene rings is 2. The van der Waals surface area contributed by atoms with Gasteiger partial charge in [0.2, 0.25) is 6.79 Å². The van der Waals surface area contributed by atoms with E-state index in [1.54, 1.807) is 30.0 Å². The summed E-state index contributed by atoms with van der Waals surface area (Å²) in [6.07, 6.45) is 4.95. The van der Waals surface area contributed by atoms with Crippen molar-refractivity contribution in [1.29, 1.82) is 0 Å². The van der Waals surface area contributed by atoms with Crippen LogP contribution >= 0.6 is 11.8 Å². The number of nitrogens with one attached hydrogen (secondary N) is 1. The number of hydrogen-bond acceptors (Lipinski definition) is 6. The van der Waals surface area contributed by atoms with Gasteiger partial charge in [-0.15, -0.1) is 11.8 Å². The van der Waals surface area contributed by atoms with Crippen LogP contribution in [0, 0.1) is 0 Å². The van der Waals surface area contributed by atoms with Crippen molar-refractivity contribution in [1.82, 2.24) is 5.32 Å². The van der Waals surface area contributed by atoms with Crippen LogP contribution in [-0.4, -0.2) is 31.5 Å². The number of fused-ring (bicyclic) bond motifs is 1. The first-order valence-corrected chi connectivity index (χ1v) is 9.50. The summed E-state index contributed by atoms with van der Waals surface area (Å²) in [6, 6.07) is 13.2. The number of hydrogen-bond donors (Lipinski definition) is 1. The number of carbonyl (C=O) groups excluding carboxylic acids is 2. The zero-order valence-corrected chi connectivity index (χ0v) is 15.6. The van der Waals surface area contributed by atoms with Crippen LogP contribution in [0.2, 0.25) is 0 Å². The van der Waals surface area contributed by atoms with Gasteiger partial charge in [0, 0.05) is 17.5 Å². The minimum atomic E-state index is -0.567. The van der Waals surface area contributed by atoms with Crippen molar-refractivity contribution in [2.24, 2.45) is 0 Å². The van der Waals surface area contributed by atoms with E-state index in [-0.39, 0.29) is 19.3 Å². The van der Waals surface area contributed by atoms with E-state index in [0.717, 1.165) is 16.0 Å². The predicted molar refractivity (Wildman–Crippen MR) is 103 cm³/mol. The number of esters is 1. The van der Waals surface area contributed by atoms with Crippen LogP contribution in [0.25, 0.3) is 6.08 Å².